The van der Waals surface area contributed by atoms with Crippen LogP contribution in [0.3, 0.4) is 0 Å². The van der Waals surface area contributed by atoms with Crippen molar-refractivity contribution in [2.75, 3.05) is 7.11 Å². The molecule has 3 heterocycles. The summed E-state index contributed by atoms with van der Waals surface area (Å²) in [6.07, 6.45) is 3.47. The Bertz CT molecular complexity index is 1070. The Morgan fingerprint density at radius 2 is 2.14 bits per heavy atom. The zero-order valence-electron chi connectivity index (χ0n) is 14.9. The van der Waals surface area contributed by atoms with Crippen LogP contribution in [0.2, 0.25) is 0 Å². The van der Waals surface area contributed by atoms with Gasteiger partial charge in [-0.2, -0.15) is 10.1 Å². The molecule has 4 aromatic rings. The molecule has 142 valence electrons. The molecule has 0 N–H and O–H groups in total. The first-order valence-corrected chi connectivity index (χ1v) is 8.41. The summed E-state index contributed by atoms with van der Waals surface area (Å²) in [6, 6.07) is 12.3. The normalized spacial score (nSPS) is 10.8. The van der Waals surface area contributed by atoms with Gasteiger partial charge in [-0.3, -0.25) is 4.68 Å². The molecule has 0 bridgehead atoms. The molecule has 0 aliphatic carbocycles. The monoisotopic (exact) mass is 380 g/mol. The van der Waals surface area contributed by atoms with E-state index in [2.05, 4.69) is 15.2 Å². The molecular formula is C19H16N4O5. The first-order chi connectivity index (χ1) is 13.7. The number of methoxy groups -OCH3 is 1. The fourth-order valence-electron chi connectivity index (χ4n) is 2.52. The minimum atomic E-state index is -0.618. The Kier molecular flexibility index (Phi) is 4.87. The number of benzene rings is 1. The van der Waals surface area contributed by atoms with Crippen LogP contribution < -0.4 is 4.74 Å². The summed E-state index contributed by atoms with van der Waals surface area (Å²) in [5.41, 5.74) is 0.731. The van der Waals surface area contributed by atoms with Crippen LogP contribution in [-0.2, 0) is 17.9 Å². The van der Waals surface area contributed by atoms with Crippen molar-refractivity contribution < 1.29 is 23.2 Å². The van der Waals surface area contributed by atoms with Gasteiger partial charge in [-0.1, -0.05) is 17.3 Å². The topological polar surface area (TPSA) is 105 Å². The Hall–Kier alpha value is -3.88. The third kappa shape index (κ3) is 3.93. The van der Waals surface area contributed by atoms with Crippen molar-refractivity contribution in [2.45, 2.75) is 13.2 Å². The van der Waals surface area contributed by atoms with Crippen molar-refractivity contribution in [3.8, 4) is 17.1 Å². The van der Waals surface area contributed by atoms with Crippen molar-refractivity contribution in [3.05, 3.63) is 72.3 Å². The minimum Gasteiger partial charge on any atom is -0.497 e. The summed E-state index contributed by atoms with van der Waals surface area (Å²) < 4.78 is 22.7. The maximum absolute atomic E-state index is 12.1. The molecule has 0 fully saturated rings. The molecule has 4 rings (SSSR count). The minimum absolute atomic E-state index is 0.0923. The lowest BCUT2D eigenvalue weighted by molar-refractivity contribution is 0.0391. The molecule has 0 saturated heterocycles. The van der Waals surface area contributed by atoms with Gasteiger partial charge in [0.05, 0.1) is 13.7 Å². The van der Waals surface area contributed by atoms with Crippen LogP contribution in [0.15, 0.2) is 63.8 Å². The molecule has 0 spiro atoms. The number of ether oxygens (including phenoxy) is 2. The van der Waals surface area contributed by atoms with E-state index in [0.717, 1.165) is 5.56 Å². The first kappa shape index (κ1) is 17.5. The molecule has 0 saturated carbocycles. The molecule has 0 aliphatic heterocycles. The van der Waals surface area contributed by atoms with Crippen LogP contribution in [0, 0.1) is 0 Å². The van der Waals surface area contributed by atoms with Crippen LogP contribution in [-0.4, -0.2) is 33.0 Å². The van der Waals surface area contributed by atoms with Gasteiger partial charge in [-0.25, -0.2) is 4.79 Å². The average Bonchev–Trinajstić information content (AvgIpc) is 3.48. The Labute approximate surface area is 159 Å². The van der Waals surface area contributed by atoms with Crippen LogP contribution in [0.4, 0.5) is 0 Å². The number of esters is 1. The molecule has 0 unspecified atom stereocenters. The van der Waals surface area contributed by atoms with E-state index in [1.54, 1.807) is 42.4 Å². The largest absolute Gasteiger partial charge is 0.497 e. The second-order valence-corrected chi connectivity index (χ2v) is 5.79. The van der Waals surface area contributed by atoms with Gasteiger partial charge in [-0.15, -0.1) is 0 Å². The highest BCUT2D eigenvalue weighted by atomic mass is 16.6. The smallest absolute Gasteiger partial charge is 0.374 e. The van der Waals surface area contributed by atoms with Gasteiger partial charge >= 0.3 is 5.97 Å². The predicted molar refractivity (Wildman–Crippen MR) is 95.4 cm³/mol. The van der Waals surface area contributed by atoms with Crippen LogP contribution in [0.25, 0.3) is 11.4 Å². The highest BCUT2D eigenvalue weighted by Crippen LogP contribution is 2.21. The summed E-state index contributed by atoms with van der Waals surface area (Å²) in [4.78, 5) is 16.4. The lowest BCUT2D eigenvalue weighted by Gasteiger charge is -2.00. The summed E-state index contributed by atoms with van der Waals surface area (Å²) >= 11 is 0. The molecule has 0 amide bonds. The average molecular weight is 380 g/mol. The Balaban J connectivity index is 1.36. The molecule has 9 nitrogen and oxygen atoms in total. The van der Waals surface area contributed by atoms with E-state index in [-0.39, 0.29) is 18.3 Å². The molecule has 28 heavy (non-hydrogen) atoms. The van der Waals surface area contributed by atoms with E-state index < -0.39 is 5.97 Å². The van der Waals surface area contributed by atoms with Crippen molar-refractivity contribution in [3.63, 3.8) is 0 Å². The SMILES string of the molecule is COc1cccc(-c2noc(COC(=O)c3ccc(Cn4cccn4)o3)n2)c1. The maximum Gasteiger partial charge on any atom is 0.374 e. The number of carbonyl (C=O) groups excluding carboxylic acids is 1. The number of furan rings is 1. The molecular weight excluding hydrogens is 364 g/mol. The molecule has 1 aromatic carbocycles. The van der Waals surface area contributed by atoms with Crippen LogP contribution in [0.5, 0.6) is 5.75 Å². The highest BCUT2D eigenvalue weighted by molar-refractivity contribution is 5.86. The van der Waals surface area contributed by atoms with Crippen molar-refractivity contribution in [1.82, 2.24) is 19.9 Å². The number of nitrogens with zero attached hydrogens (tertiary/aromatic N) is 4. The summed E-state index contributed by atoms with van der Waals surface area (Å²) in [5, 5.41) is 7.98. The van der Waals surface area contributed by atoms with Gasteiger partial charge < -0.3 is 18.4 Å². The van der Waals surface area contributed by atoms with Crippen LogP contribution in [0.1, 0.15) is 22.2 Å². The van der Waals surface area contributed by atoms with Crippen molar-refractivity contribution in [1.29, 1.82) is 0 Å². The number of aromatic nitrogens is 4. The number of hydrogen-bond acceptors (Lipinski definition) is 8. The quantitative estimate of drug-likeness (QED) is 0.451. The zero-order chi connectivity index (χ0) is 19.3. The summed E-state index contributed by atoms with van der Waals surface area (Å²) in [6.45, 7) is 0.263. The molecule has 9 heteroatoms. The van der Waals surface area contributed by atoms with Gasteiger partial charge in [-0.05, 0) is 30.3 Å². The van der Waals surface area contributed by atoms with E-state index in [1.165, 1.54) is 0 Å². The van der Waals surface area contributed by atoms with E-state index in [9.17, 15) is 4.79 Å². The molecule has 0 aliphatic rings. The van der Waals surface area contributed by atoms with Gasteiger partial charge in [0, 0.05) is 18.0 Å². The van der Waals surface area contributed by atoms with Crippen molar-refractivity contribution in [2.24, 2.45) is 0 Å². The Morgan fingerprint density at radius 3 is 2.96 bits per heavy atom. The van der Waals surface area contributed by atoms with E-state index in [1.807, 2.05) is 24.3 Å². The highest BCUT2D eigenvalue weighted by Gasteiger charge is 2.16. The fraction of sp³-hybridized carbons (Fsp3) is 0.158. The lowest BCUT2D eigenvalue weighted by atomic mass is 10.2. The van der Waals surface area contributed by atoms with Crippen molar-refractivity contribution >= 4 is 5.97 Å². The lowest BCUT2D eigenvalue weighted by Crippen LogP contribution is -2.04. The predicted octanol–water partition coefficient (Wildman–Crippen LogP) is 2.94. The number of hydrogen-bond donors (Lipinski definition) is 0. The van der Waals surface area contributed by atoms with Gasteiger partial charge in [0.15, 0.2) is 6.61 Å². The van der Waals surface area contributed by atoms with Crippen LogP contribution >= 0.6 is 0 Å². The third-order valence-corrected chi connectivity index (χ3v) is 3.86. The number of carbonyl (C=O) groups is 1. The fourth-order valence-corrected chi connectivity index (χ4v) is 2.52. The molecule has 0 radical (unpaired) electrons. The van der Waals surface area contributed by atoms with Gasteiger partial charge in [0.2, 0.25) is 11.6 Å². The zero-order valence-corrected chi connectivity index (χ0v) is 14.9. The second kappa shape index (κ2) is 7.78. The van der Waals surface area contributed by atoms with E-state index >= 15 is 0 Å². The third-order valence-electron chi connectivity index (χ3n) is 3.86. The summed E-state index contributed by atoms with van der Waals surface area (Å²) in [5.74, 6) is 1.30. The number of rotatable bonds is 7. The summed E-state index contributed by atoms with van der Waals surface area (Å²) in [7, 11) is 1.58. The molecule has 3 aromatic heterocycles. The Morgan fingerprint density at radius 1 is 1.21 bits per heavy atom. The maximum atomic E-state index is 12.1. The molecule has 0 atom stereocenters. The van der Waals surface area contributed by atoms with Gasteiger partial charge in [0.25, 0.3) is 5.89 Å². The second-order valence-electron chi connectivity index (χ2n) is 5.79. The standard InChI is InChI=1S/C19H16N4O5/c1-25-14-5-2-4-13(10-14)18-21-17(28-22-18)12-26-19(24)16-7-6-15(27-16)11-23-9-3-8-20-23/h2-10H,11-12H2,1H3. The van der Waals surface area contributed by atoms with E-state index in [4.69, 9.17) is 18.4 Å². The van der Waals surface area contributed by atoms with E-state index in [0.29, 0.717) is 23.9 Å². The first-order valence-electron chi connectivity index (χ1n) is 8.41. The van der Waals surface area contributed by atoms with Gasteiger partial charge in [0.1, 0.15) is 11.5 Å².